The number of pyridine rings is 1. The van der Waals surface area contributed by atoms with Gasteiger partial charge in [0.1, 0.15) is 5.75 Å². The molecule has 0 radical (unpaired) electrons. The number of ether oxygens (including phenoxy) is 1. The van der Waals surface area contributed by atoms with E-state index in [4.69, 9.17) is 0 Å². The smallest absolute Gasteiger partial charge is 0.405 e. The minimum atomic E-state index is -4.70. The molecule has 5 nitrogen and oxygen atoms in total. The van der Waals surface area contributed by atoms with Crippen LogP contribution in [0.15, 0.2) is 53.7 Å². The number of alkyl halides is 3. The molecular weight excluding hydrogens is 369 g/mol. The summed E-state index contributed by atoms with van der Waals surface area (Å²) in [7, 11) is 0. The largest absolute Gasteiger partial charge is 0.573 e. The highest BCUT2D eigenvalue weighted by molar-refractivity contribution is 5.80. The van der Waals surface area contributed by atoms with E-state index in [1.54, 1.807) is 24.4 Å². The number of rotatable bonds is 7. The van der Waals surface area contributed by atoms with Crippen molar-refractivity contribution in [2.75, 3.05) is 13.1 Å². The molecule has 0 aliphatic heterocycles. The summed E-state index contributed by atoms with van der Waals surface area (Å²) in [6.45, 7) is 3.23. The van der Waals surface area contributed by atoms with E-state index in [2.05, 4.69) is 25.3 Å². The molecule has 1 aliphatic carbocycles. The number of nitrogens with one attached hydrogen (secondary N) is 2. The molecule has 0 saturated heterocycles. The average Bonchev–Trinajstić information content (AvgIpc) is 3.41. The van der Waals surface area contributed by atoms with Crippen LogP contribution in [0.3, 0.4) is 0 Å². The Labute approximate surface area is 162 Å². The number of para-hydroxylation sites is 1. The molecule has 1 heterocycles. The molecule has 1 aliphatic rings. The summed E-state index contributed by atoms with van der Waals surface area (Å²) in [4.78, 5) is 8.81. The first-order valence-electron chi connectivity index (χ1n) is 9.25. The highest BCUT2D eigenvalue weighted by Crippen LogP contribution is 2.45. The van der Waals surface area contributed by atoms with E-state index in [-0.39, 0.29) is 17.7 Å². The Morgan fingerprint density at radius 1 is 1.21 bits per heavy atom. The molecular formula is C20H23F3N4O. The third-order valence-corrected chi connectivity index (χ3v) is 4.36. The second-order valence-corrected chi connectivity index (χ2v) is 6.51. The molecule has 2 N–H and O–H groups in total. The second-order valence-electron chi connectivity index (χ2n) is 6.51. The van der Waals surface area contributed by atoms with Crippen molar-refractivity contribution in [3.63, 3.8) is 0 Å². The van der Waals surface area contributed by atoms with E-state index >= 15 is 0 Å². The number of hydrogen-bond donors (Lipinski definition) is 2. The zero-order valence-corrected chi connectivity index (χ0v) is 15.5. The molecule has 2 atom stereocenters. The summed E-state index contributed by atoms with van der Waals surface area (Å²) in [6.07, 6.45) is -1.51. The number of nitrogens with zero attached hydrogens (tertiary/aromatic N) is 2. The van der Waals surface area contributed by atoms with Gasteiger partial charge in [-0.05, 0) is 37.1 Å². The zero-order valence-electron chi connectivity index (χ0n) is 15.5. The molecule has 1 aromatic heterocycles. The van der Waals surface area contributed by atoms with Crippen LogP contribution in [0.5, 0.6) is 5.75 Å². The van der Waals surface area contributed by atoms with Gasteiger partial charge in [-0.25, -0.2) is 0 Å². The molecule has 28 heavy (non-hydrogen) atoms. The van der Waals surface area contributed by atoms with E-state index in [9.17, 15) is 13.2 Å². The van der Waals surface area contributed by atoms with Gasteiger partial charge in [0, 0.05) is 43.4 Å². The Kier molecular flexibility index (Phi) is 6.38. The number of aliphatic imine (C=N–C) groups is 1. The molecule has 150 valence electrons. The molecule has 8 heteroatoms. The first kappa shape index (κ1) is 20.0. The lowest BCUT2D eigenvalue weighted by atomic mass is 10.1. The highest BCUT2D eigenvalue weighted by Gasteiger charge is 2.42. The summed E-state index contributed by atoms with van der Waals surface area (Å²) >= 11 is 0. The fourth-order valence-corrected chi connectivity index (χ4v) is 3.03. The van der Waals surface area contributed by atoms with Crippen molar-refractivity contribution in [1.29, 1.82) is 0 Å². The lowest BCUT2D eigenvalue weighted by Gasteiger charge is -2.14. The number of hydrogen-bond acceptors (Lipinski definition) is 3. The van der Waals surface area contributed by atoms with Gasteiger partial charge in [0.25, 0.3) is 0 Å². The quantitative estimate of drug-likeness (QED) is 0.558. The van der Waals surface area contributed by atoms with Gasteiger partial charge >= 0.3 is 6.36 Å². The fourth-order valence-electron chi connectivity index (χ4n) is 3.03. The maximum atomic E-state index is 12.6. The number of guanidine groups is 1. The predicted octanol–water partition coefficient (Wildman–Crippen LogP) is 3.63. The second kappa shape index (κ2) is 8.95. The summed E-state index contributed by atoms with van der Waals surface area (Å²) in [5.41, 5.74) is 1.52. The topological polar surface area (TPSA) is 58.5 Å². The molecule has 0 bridgehead atoms. The van der Waals surface area contributed by atoms with Crippen LogP contribution in [0, 0.1) is 0 Å². The SMILES string of the molecule is CCNC(=NCCc1ccccn1)NC1CC1c1ccccc1OC(F)(F)F. The molecule has 2 aromatic rings. The Morgan fingerprint density at radius 2 is 2.00 bits per heavy atom. The monoisotopic (exact) mass is 392 g/mol. The number of benzene rings is 1. The van der Waals surface area contributed by atoms with Gasteiger partial charge in [-0.15, -0.1) is 13.2 Å². The van der Waals surface area contributed by atoms with Crippen LogP contribution in [-0.4, -0.2) is 36.4 Å². The summed E-state index contributed by atoms with van der Waals surface area (Å²) in [6, 6.07) is 12.1. The van der Waals surface area contributed by atoms with E-state index in [1.165, 1.54) is 6.07 Å². The third-order valence-electron chi connectivity index (χ3n) is 4.36. The van der Waals surface area contributed by atoms with Crippen LogP contribution in [0.1, 0.15) is 30.5 Å². The average molecular weight is 392 g/mol. The van der Waals surface area contributed by atoms with E-state index < -0.39 is 6.36 Å². The number of halogens is 3. The van der Waals surface area contributed by atoms with Crippen LogP contribution in [-0.2, 0) is 6.42 Å². The lowest BCUT2D eigenvalue weighted by Crippen LogP contribution is -2.39. The normalized spacial score (nSPS) is 19.2. The molecule has 1 aromatic carbocycles. The number of aromatic nitrogens is 1. The van der Waals surface area contributed by atoms with Crippen LogP contribution in [0.4, 0.5) is 13.2 Å². The van der Waals surface area contributed by atoms with Crippen LogP contribution >= 0.6 is 0 Å². The van der Waals surface area contributed by atoms with Crippen molar-refractivity contribution in [2.45, 2.75) is 38.1 Å². The molecule has 1 saturated carbocycles. The van der Waals surface area contributed by atoms with Crippen molar-refractivity contribution >= 4 is 5.96 Å². The Morgan fingerprint density at radius 3 is 2.71 bits per heavy atom. The fraction of sp³-hybridized carbons (Fsp3) is 0.400. The maximum Gasteiger partial charge on any atom is 0.573 e. The summed E-state index contributed by atoms with van der Waals surface area (Å²) < 4.78 is 42.0. The molecule has 1 fully saturated rings. The van der Waals surface area contributed by atoms with Crippen molar-refractivity contribution < 1.29 is 17.9 Å². The van der Waals surface area contributed by atoms with Gasteiger partial charge in [0.2, 0.25) is 0 Å². The summed E-state index contributed by atoms with van der Waals surface area (Å²) in [5, 5.41) is 6.47. The van der Waals surface area contributed by atoms with E-state index in [1.807, 2.05) is 25.1 Å². The van der Waals surface area contributed by atoms with Crippen LogP contribution in [0.25, 0.3) is 0 Å². The van der Waals surface area contributed by atoms with Gasteiger partial charge in [0.05, 0.1) is 0 Å². The highest BCUT2D eigenvalue weighted by atomic mass is 19.4. The van der Waals surface area contributed by atoms with Crippen molar-refractivity contribution in [2.24, 2.45) is 4.99 Å². The first-order valence-corrected chi connectivity index (χ1v) is 9.25. The Hall–Kier alpha value is -2.77. The summed E-state index contributed by atoms with van der Waals surface area (Å²) in [5.74, 6) is 0.472. The molecule has 2 unspecified atom stereocenters. The molecule has 0 amide bonds. The van der Waals surface area contributed by atoms with Crippen LogP contribution < -0.4 is 15.4 Å². The van der Waals surface area contributed by atoms with Crippen LogP contribution in [0.2, 0.25) is 0 Å². The lowest BCUT2D eigenvalue weighted by molar-refractivity contribution is -0.274. The van der Waals surface area contributed by atoms with Crippen molar-refractivity contribution in [1.82, 2.24) is 15.6 Å². The van der Waals surface area contributed by atoms with E-state index in [0.717, 1.165) is 12.1 Å². The van der Waals surface area contributed by atoms with Gasteiger partial charge in [-0.2, -0.15) is 0 Å². The minimum absolute atomic E-state index is 0.0191. The first-order chi connectivity index (χ1) is 13.5. The zero-order chi connectivity index (χ0) is 20.0. The van der Waals surface area contributed by atoms with Crippen molar-refractivity contribution in [3.8, 4) is 5.75 Å². The van der Waals surface area contributed by atoms with Gasteiger partial charge in [0.15, 0.2) is 5.96 Å². The predicted molar refractivity (Wildman–Crippen MR) is 101 cm³/mol. The van der Waals surface area contributed by atoms with Gasteiger partial charge < -0.3 is 15.4 Å². The Bertz CT molecular complexity index is 796. The van der Waals surface area contributed by atoms with Gasteiger partial charge in [-0.3, -0.25) is 9.98 Å². The maximum absolute atomic E-state index is 12.6. The molecule has 3 rings (SSSR count). The third kappa shape index (κ3) is 5.87. The minimum Gasteiger partial charge on any atom is -0.405 e. The molecule has 0 spiro atoms. The van der Waals surface area contributed by atoms with Crippen molar-refractivity contribution in [3.05, 3.63) is 59.9 Å². The van der Waals surface area contributed by atoms with Gasteiger partial charge in [-0.1, -0.05) is 24.3 Å². The Balaban J connectivity index is 1.60. The van der Waals surface area contributed by atoms with E-state index in [0.29, 0.717) is 31.0 Å². The standard InChI is InChI=1S/C20H23F3N4O/c1-2-24-19(26-12-10-14-7-5-6-11-25-14)27-17-13-16(17)15-8-3-4-9-18(15)28-20(21,22)23/h3-9,11,16-17H,2,10,12-13H2,1H3,(H2,24,26,27).